The summed E-state index contributed by atoms with van der Waals surface area (Å²) in [7, 11) is 3.34. The molecule has 1 heterocycles. The predicted molar refractivity (Wildman–Crippen MR) is 131 cm³/mol. The zero-order valence-electron chi connectivity index (χ0n) is 18.1. The lowest BCUT2D eigenvalue weighted by Gasteiger charge is -2.06. The molecule has 0 fully saturated rings. The van der Waals surface area contributed by atoms with Crippen LogP contribution in [0, 0.1) is 0 Å². The molecule has 5 nitrogen and oxygen atoms in total. The number of hydrogen-bond donors (Lipinski definition) is 0. The van der Waals surface area contributed by atoms with E-state index in [1.54, 1.807) is 25.6 Å². The van der Waals surface area contributed by atoms with E-state index in [1.807, 2.05) is 41.2 Å². The minimum atomic E-state index is 0.568. The van der Waals surface area contributed by atoms with Crippen molar-refractivity contribution >= 4 is 17.6 Å². The first kappa shape index (κ1) is 21.7. The number of benzene rings is 3. The summed E-state index contributed by atoms with van der Waals surface area (Å²) in [6.45, 7) is 1.15. The second-order valence-electron chi connectivity index (χ2n) is 7.05. The third kappa shape index (κ3) is 5.22. The highest BCUT2D eigenvalue weighted by atomic mass is 32.1. The molecule has 6 heteroatoms. The minimum absolute atomic E-state index is 0.568. The van der Waals surface area contributed by atoms with Crippen molar-refractivity contribution in [1.82, 2.24) is 4.68 Å². The van der Waals surface area contributed by atoms with Gasteiger partial charge in [0.15, 0.2) is 0 Å². The largest absolute Gasteiger partial charge is 0.497 e. The summed E-state index contributed by atoms with van der Waals surface area (Å²) < 4.78 is 12.4. The van der Waals surface area contributed by atoms with E-state index in [0.717, 1.165) is 27.4 Å². The molecule has 1 aromatic heterocycles. The molecule has 32 heavy (non-hydrogen) atoms. The molecule has 0 aliphatic heterocycles. The first-order chi connectivity index (χ1) is 15.8. The fraction of sp³-hybridized carbons (Fsp3) is 0.154. The molecule has 0 atom stereocenters. The van der Waals surface area contributed by atoms with E-state index in [-0.39, 0.29) is 0 Å². The van der Waals surface area contributed by atoms with Crippen molar-refractivity contribution in [1.29, 1.82) is 0 Å². The zero-order chi connectivity index (χ0) is 22.2. The Hall–Kier alpha value is -3.48. The Morgan fingerprint density at radius 3 is 2.38 bits per heavy atom. The predicted octanol–water partition coefficient (Wildman–Crippen LogP) is 5.32. The van der Waals surface area contributed by atoms with E-state index < -0.39 is 0 Å². The lowest BCUT2D eigenvalue weighted by molar-refractivity contribution is 0.207. The molecule has 0 bridgehead atoms. The van der Waals surface area contributed by atoms with Crippen molar-refractivity contribution in [2.24, 2.45) is 10.1 Å². The highest BCUT2D eigenvalue weighted by Crippen LogP contribution is 2.25. The van der Waals surface area contributed by atoms with Crippen LogP contribution in [-0.4, -0.2) is 38.3 Å². The Kier molecular flexibility index (Phi) is 7.27. The maximum absolute atomic E-state index is 5.32. The first-order valence-corrected chi connectivity index (χ1v) is 11.2. The van der Waals surface area contributed by atoms with Crippen LogP contribution in [0.4, 0.5) is 0 Å². The minimum Gasteiger partial charge on any atom is -0.497 e. The van der Waals surface area contributed by atoms with Gasteiger partial charge in [-0.1, -0.05) is 66.7 Å². The molecular formula is C26H25N3O2S. The quantitative estimate of drug-likeness (QED) is 0.273. The van der Waals surface area contributed by atoms with Crippen LogP contribution in [0.25, 0.3) is 22.4 Å². The molecule has 3 aromatic carbocycles. The van der Waals surface area contributed by atoms with E-state index >= 15 is 0 Å². The van der Waals surface area contributed by atoms with Crippen molar-refractivity contribution < 1.29 is 9.47 Å². The molecule has 0 saturated heterocycles. The zero-order valence-corrected chi connectivity index (χ0v) is 19.0. The van der Waals surface area contributed by atoms with Crippen molar-refractivity contribution in [2.75, 3.05) is 27.4 Å². The highest BCUT2D eigenvalue weighted by Gasteiger charge is 2.08. The lowest BCUT2D eigenvalue weighted by Crippen LogP contribution is -2.13. The topological polar surface area (TPSA) is 48.1 Å². The molecule has 0 unspecified atom stereocenters. The van der Waals surface area contributed by atoms with Gasteiger partial charge in [-0.15, -0.1) is 11.3 Å². The van der Waals surface area contributed by atoms with Crippen molar-refractivity contribution in [3.8, 4) is 28.1 Å². The van der Waals surface area contributed by atoms with Crippen LogP contribution in [0.1, 0.15) is 5.56 Å². The van der Waals surface area contributed by atoms with Crippen molar-refractivity contribution in [3.05, 3.63) is 94.6 Å². The van der Waals surface area contributed by atoms with Crippen LogP contribution in [-0.2, 0) is 4.74 Å². The van der Waals surface area contributed by atoms with E-state index in [2.05, 4.69) is 58.9 Å². The number of hydrogen-bond acceptors (Lipinski definition) is 5. The van der Waals surface area contributed by atoms with E-state index in [9.17, 15) is 0 Å². The number of thiazole rings is 1. The Labute approximate surface area is 191 Å². The summed E-state index contributed by atoms with van der Waals surface area (Å²) in [5, 5.41) is 6.85. The molecule has 0 aliphatic rings. The second kappa shape index (κ2) is 10.7. The van der Waals surface area contributed by atoms with Crippen molar-refractivity contribution in [2.45, 2.75) is 0 Å². The van der Waals surface area contributed by atoms with Crippen LogP contribution < -0.4 is 9.54 Å². The van der Waals surface area contributed by atoms with E-state index in [1.165, 1.54) is 11.1 Å². The normalized spacial score (nSPS) is 11.9. The lowest BCUT2D eigenvalue weighted by atomic mass is 10.0. The van der Waals surface area contributed by atoms with Gasteiger partial charge >= 0.3 is 0 Å². The first-order valence-electron chi connectivity index (χ1n) is 10.3. The van der Waals surface area contributed by atoms with Crippen LogP contribution in [0.15, 0.2) is 94.3 Å². The Morgan fingerprint density at radius 2 is 1.62 bits per heavy atom. The molecule has 0 N–H and O–H groups in total. The molecule has 0 radical (unpaired) electrons. The van der Waals surface area contributed by atoms with Crippen LogP contribution >= 0.6 is 11.3 Å². The van der Waals surface area contributed by atoms with Gasteiger partial charge in [0.05, 0.1) is 32.2 Å². The van der Waals surface area contributed by atoms with Gasteiger partial charge in [-0.3, -0.25) is 4.99 Å². The monoisotopic (exact) mass is 443 g/mol. The van der Waals surface area contributed by atoms with Gasteiger partial charge in [-0.05, 0) is 28.8 Å². The van der Waals surface area contributed by atoms with Gasteiger partial charge in [-0.25, -0.2) is 4.68 Å². The second-order valence-corrected chi connectivity index (χ2v) is 7.89. The van der Waals surface area contributed by atoms with Crippen LogP contribution in [0.2, 0.25) is 0 Å². The maximum Gasteiger partial charge on any atom is 0.206 e. The summed E-state index contributed by atoms with van der Waals surface area (Å²) in [5.41, 5.74) is 5.41. The number of methoxy groups -OCH3 is 2. The summed E-state index contributed by atoms with van der Waals surface area (Å²) in [6, 6.07) is 26.7. The van der Waals surface area contributed by atoms with Gasteiger partial charge in [0.2, 0.25) is 4.80 Å². The highest BCUT2D eigenvalue weighted by molar-refractivity contribution is 7.07. The molecule has 0 saturated carbocycles. The average Bonchev–Trinajstić information content (AvgIpc) is 3.26. The number of ether oxygens (including phenoxy) is 2. The average molecular weight is 444 g/mol. The summed E-state index contributed by atoms with van der Waals surface area (Å²) in [5.74, 6) is 0.797. The van der Waals surface area contributed by atoms with Gasteiger partial charge in [0.1, 0.15) is 5.75 Å². The molecule has 4 rings (SSSR count). The van der Waals surface area contributed by atoms with E-state index in [4.69, 9.17) is 14.6 Å². The SMILES string of the molecule is COCCN=c1scc(-c2ccc(-c3ccccc3)cc2)n1N=Cc1cccc(OC)c1. The van der Waals surface area contributed by atoms with Crippen LogP contribution in [0.5, 0.6) is 5.75 Å². The van der Waals surface area contributed by atoms with Gasteiger partial charge in [0, 0.05) is 18.1 Å². The van der Waals surface area contributed by atoms with Crippen molar-refractivity contribution in [3.63, 3.8) is 0 Å². The number of aromatic nitrogens is 1. The maximum atomic E-state index is 5.32. The van der Waals surface area contributed by atoms with Gasteiger partial charge in [-0.2, -0.15) is 5.10 Å². The van der Waals surface area contributed by atoms with Crippen LogP contribution in [0.3, 0.4) is 0 Å². The smallest absolute Gasteiger partial charge is 0.206 e. The molecule has 162 valence electrons. The van der Waals surface area contributed by atoms with Gasteiger partial charge < -0.3 is 9.47 Å². The molecule has 4 aromatic rings. The van der Waals surface area contributed by atoms with E-state index in [0.29, 0.717) is 13.2 Å². The Morgan fingerprint density at radius 1 is 0.875 bits per heavy atom. The van der Waals surface area contributed by atoms with Gasteiger partial charge in [0.25, 0.3) is 0 Å². The molecule has 0 amide bonds. The number of nitrogens with zero attached hydrogens (tertiary/aromatic N) is 3. The Balaban J connectivity index is 1.70. The fourth-order valence-electron chi connectivity index (χ4n) is 3.26. The number of rotatable bonds is 8. The third-order valence-electron chi connectivity index (χ3n) is 4.93. The molecule has 0 spiro atoms. The summed E-state index contributed by atoms with van der Waals surface area (Å²) in [4.78, 5) is 5.49. The standard InChI is InChI=1S/C26H25N3O2S/c1-30-16-15-27-26-29(28-18-20-7-6-10-24(17-20)31-2)25(19-32-26)23-13-11-22(12-14-23)21-8-4-3-5-9-21/h3-14,17-19H,15-16H2,1-2H3. The summed E-state index contributed by atoms with van der Waals surface area (Å²) >= 11 is 1.57. The Bertz CT molecular complexity index is 1240. The molecular weight excluding hydrogens is 418 g/mol. The summed E-state index contributed by atoms with van der Waals surface area (Å²) in [6.07, 6.45) is 1.83. The molecule has 0 aliphatic carbocycles. The fourth-order valence-corrected chi connectivity index (χ4v) is 4.12. The third-order valence-corrected chi connectivity index (χ3v) is 5.79.